The highest BCUT2D eigenvalue weighted by atomic mass is 32.2. The largest absolute Gasteiger partial charge is 0.334 e. The maximum atomic E-state index is 12.0. The number of imidazole rings is 1. The van der Waals surface area contributed by atoms with Crippen LogP contribution in [0.1, 0.15) is 0 Å². The van der Waals surface area contributed by atoms with Crippen molar-refractivity contribution < 1.29 is 8.42 Å². The Hall–Kier alpha value is -2.60. The Labute approximate surface area is 122 Å². The summed E-state index contributed by atoms with van der Waals surface area (Å²) in [6, 6.07) is 17.1. The molecule has 1 aromatic heterocycles. The van der Waals surface area contributed by atoms with E-state index in [0.717, 1.165) is 11.1 Å². The van der Waals surface area contributed by atoms with Gasteiger partial charge in [0.2, 0.25) is 0 Å². The first-order valence-electron chi connectivity index (χ1n) is 6.32. The van der Waals surface area contributed by atoms with Gasteiger partial charge in [-0.15, -0.1) is 0 Å². The number of hydrogen-bond donors (Lipinski definition) is 2. The highest BCUT2D eigenvalue weighted by molar-refractivity contribution is 7.92. The predicted octanol–water partition coefficient (Wildman–Crippen LogP) is 2.88. The summed E-state index contributed by atoms with van der Waals surface area (Å²) < 4.78 is 26.6. The average Bonchev–Trinajstić information content (AvgIpc) is 3.04. The topological polar surface area (TPSA) is 74.8 Å². The zero-order valence-electron chi connectivity index (χ0n) is 11.0. The molecule has 5 nitrogen and oxygen atoms in total. The van der Waals surface area contributed by atoms with Gasteiger partial charge < -0.3 is 4.98 Å². The van der Waals surface area contributed by atoms with Crippen LogP contribution in [0.15, 0.2) is 72.1 Å². The Balaban J connectivity index is 1.83. The molecule has 0 fully saturated rings. The predicted molar refractivity (Wildman–Crippen MR) is 81.3 cm³/mol. The fourth-order valence-corrected chi connectivity index (χ4v) is 2.93. The minimum atomic E-state index is -3.62. The number of sulfonamides is 1. The number of benzene rings is 2. The van der Waals surface area contributed by atoms with E-state index in [-0.39, 0.29) is 5.03 Å². The first kappa shape index (κ1) is 13.4. The smallest absolute Gasteiger partial charge is 0.278 e. The molecule has 0 spiro atoms. The zero-order valence-corrected chi connectivity index (χ0v) is 11.8. The molecule has 2 N–H and O–H groups in total. The van der Waals surface area contributed by atoms with Crippen LogP contribution < -0.4 is 4.72 Å². The summed E-state index contributed by atoms with van der Waals surface area (Å²) in [5.41, 5.74) is 2.62. The Kier molecular flexibility index (Phi) is 3.45. The standard InChI is InChI=1S/C15H13N3O2S/c19-21(20,15-10-16-11-17-15)18-14-8-6-13(7-9-14)12-4-2-1-3-5-12/h1-11,18H,(H,16,17). The number of aromatic amines is 1. The highest BCUT2D eigenvalue weighted by Crippen LogP contribution is 2.22. The van der Waals surface area contributed by atoms with Crippen molar-refractivity contribution in [1.29, 1.82) is 0 Å². The van der Waals surface area contributed by atoms with Crippen LogP contribution in [0.3, 0.4) is 0 Å². The minimum Gasteiger partial charge on any atom is -0.334 e. The van der Waals surface area contributed by atoms with Gasteiger partial charge in [0.05, 0.1) is 12.5 Å². The van der Waals surface area contributed by atoms with E-state index >= 15 is 0 Å². The van der Waals surface area contributed by atoms with E-state index in [4.69, 9.17) is 0 Å². The third-order valence-corrected chi connectivity index (χ3v) is 4.31. The van der Waals surface area contributed by atoms with Gasteiger partial charge in [0.25, 0.3) is 10.0 Å². The van der Waals surface area contributed by atoms with Crippen molar-refractivity contribution in [3.63, 3.8) is 0 Å². The third-order valence-electron chi connectivity index (χ3n) is 3.01. The molecule has 0 bridgehead atoms. The molecule has 1 heterocycles. The Morgan fingerprint density at radius 1 is 0.905 bits per heavy atom. The molecule has 106 valence electrons. The maximum Gasteiger partial charge on any atom is 0.278 e. The second kappa shape index (κ2) is 5.41. The van der Waals surface area contributed by atoms with Crippen molar-refractivity contribution in [3.8, 4) is 11.1 Å². The summed E-state index contributed by atoms with van der Waals surface area (Å²) in [5.74, 6) is 0. The van der Waals surface area contributed by atoms with Crippen LogP contribution in [0.2, 0.25) is 0 Å². The van der Waals surface area contributed by atoms with Crippen molar-refractivity contribution in [2.75, 3.05) is 4.72 Å². The molecular weight excluding hydrogens is 286 g/mol. The van der Waals surface area contributed by atoms with Gasteiger partial charge >= 0.3 is 0 Å². The molecule has 0 saturated carbocycles. The van der Waals surface area contributed by atoms with Gasteiger partial charge in [-0.3, -0.25) is 4.72 Å². The number of H-pyrrole nitrogens is 1. The van der Waals surface area contributed by atoms with Crippen molar-refractivity contribution >= 4 is 15.7 Å². The van der Waals surface area contributed by atoms with Gasteiger partial charge in [0.15, 0.2) is 5.03 Å². The quantitative estimate of drug-likeness (QED) is 0.778. The number of aromatic nitrogens is 2. The summed E-state index contributed by atoms with van der Waals surface area (Å²) in [4.78, 5) is 6.28. The van der Waals surface area contributed by atoms with Gasteiger partial charge in [0, 0.05) is 5.69 Å². The molecule has 0 unspecified atom stereocenters. The minimum absolute atomic E-state index is 0.0367. The van der Waals surface area contributed by atoms with Crippen LogP contribution in [0.5, 0.6) is 0 Å². The Morgan fingerprint density at radius 3 is 2.19 bits per heavy atom. The fraction of sp³-hybridized carbons (Fsp3) is 0. The summed E-state index contributed by atoms with van der Waals surface area (Å²) in [6.45, 7) is 0. The highest BCUT2D eigenvalue weighted by Gasteiger charge is 2.15. The molecule has 0 radical (unpaired) electrons. The lowest BCUT2D eigenvalue weighted by molar-refractivity contribution is 0.598. The van der Waals surface area contributed by atoms with Gasteiger partial charge in [-0.25, -0.2) is 4.98 Å². The molecule has 0 aliphatic carbocycles. The first-order valence-corrected chi connectivity index (χ1v) is 7.80. The number of anilines is 1. The fourth-order valence-electron chi connectivity index (χ4n) is 1.96. The van der Waals surface area contributed by atoms with E-state index in [2.05, 4.69) is 14.7 Å². The Morgan fingerprint density at radius 2 is 1.57 bits per heavy atom. The lowest BCUT2D eigenvalue weighted by atomic mass is 10.1. The number of hydrogen-bond acceptors (Lipinski definition) is 3. The van der Waals surface area contributed by atoms with Gasteiger partial charge in [0.1, 0.15) is 0 Å². The summed E-state index contributed by atoms with van der Waals surface area (Å²) >= 11 is 0. The normalized spacial score (nSPS) is 11.2. The van der Waals surface area contributed by atoms with E-state index in [0.29, 0.717) is 5.69 Å². The molecule has 0 atom stereocenters. The molecular formula is C15H13N3O2S. The maximum absolute atomic E-state index is 12.0. The van der Waals surface area contributed by atoms with Crippen molar-refractivity contribution in [2.45, 2.75) is 5.03 Å². The van der Waals surface area contributed by atoms with Crippen molar-refractivity contribution in [2.24, 2.45) is 0 Å². The second-order valence-corrected chi connectivity index (χ2v) is 6.12. The first-order chi connectivity index (χ1) is 10.1. The van der Waals surface area contributed by atoms with Crippen LogP contribution in [-0.2, 0) is 10.0 Å². The van der Waals surface area contributed by atoms with Gasteiger partial charge in [-0.2, -0.15) is 8.42 Å². The van der Waals surface area contributed by atoms with Crippen LogP contribution in [0.4, 0.5) is 5.69 Å². The third kappa shape index (κ3) is 2.95. The monoisotopic (exact) mass is 299 g/mol. The molecule has 0 aliphatic heterocycles. The second-order valence-electron chi connectivity index (χ2n) is 4.46. The van der Waals surface area contributed by atoms with Gasteiger partial charge in [-0.05, 0) is 23.3 Å². The summed E-state index contributed by atoms with van der Waals surface area (Å²) in [6.07, 6.45) is 2.59. The lowest BCUT2D eigenvalue weighted by Gasteiger charge is -2.07. The van der Waals surface area contributed by atoms with Gasteiger partial charge in [-0.1, -0.05) is 42.5 Å². The average molecular weight is 299 g/mol. The molecule has 0 aliphatic rings. The molecule has 2 aromatic carbocycles. The van der Waals surface area contributed by atoms with Crippen LogP contribution in [0.25, 0.3) is 11.1 Å². The van der Waals surface area contributed by atoms with Crippen molar-refractivity contribution in [1.82, 2.24) is 9.97 Å². The molecule has 3 rings (SSSR count). The molecule has 0 amide bonds. The summed E-state index contributed by atoms with van der Waals surface area (Å²) in [5, 5.41) is 0.0367. The lowest BCUT2D eigenvalue weighted by Crippen LogP contribution is -2.13. The van der Waals surface area contributed by atoms with Crippen LogP contribution in [-0.4, -0.2) is 18.4 Å². The molecule has 3 aromatic rings. The van der Waals surface area contributed by atoms with Crippen LogP contribution >= 0.6 is 0 Å². The van der Waals surface area contributed by atoms with E-state index in [1.165, 1.54) is 12.5 Å². The molecule has 6 heteroatoms. The van der Waals surface area contributed by atoms with E-state index < -0.39 is 10.0 Å². The van der Waals surface area contributed by atoms with E-state index in [9.17, 15) is 8.42 Å². The number of rotatable bonds is 4. The van der Waals surface area contributed by atoms with Crippen molar-refractivity contribution in [3.05, 3.63) is 67.1 Å². The van der Waals surface area contributed by atoms with Crippen LogP contribution in [0, 0.1) is 0 Å². The van der Waals surface area contributed by atoms with E-state index in [1.807, 2.05) is 42.5 Å². The number of nitrogens with one attached hydrogen (secondary N) is 2. The zero-order chi connectivity index (χ0) is 14.7. The molecule has 0 saturated heterocycles. The van der Waals surface area contributed by atoms with E-state index in [1.54, 1.807) is 12.1 Å². The molecule has 21 heavy (non-hydrogen) atoms. The SMILES string of the molecule is O=S(=O)(Nc1ccc(-c2ccccc2)cc1)c1cnc[nH]1. The number of nitrogens with zero attached hydrogens (tertiary/aromatic N) is 1. The Bertz CT molecular complexity index is 811. The summed E-state index contributed by atoms with van der Waals surface area (Å²) in [7, 11) is -3.62.